The molecule has 0 spiro atoms. The molecule has 0 bridgehead atoms. The van der Waals surface area contributed by atoms with Crippen molar-refractivity contribution >= 4 is 135 Å². The van der Waals surface area contributed by atoms with Crippen LogP contribution >= 0.6 is 69.6 Å². The second-order valence-electron chi connectivity index (χ2n) is 15.5. The summed E-state index contributed by atoms with van der Waals surface area (Å²) in [5.74, 6) is 1.06. The van der Waals surface area contributed by atoms with Crippen LogP contribution in [0.2, 0.25) is 30.1 Å². The van der Waals surface area contributed by atoms with E-state index >= 15 is 0 Å². The standard InChI is InChI=1S/C16H18Cl2N6O.C15H13Cl2N5O.C14H11Cl2N5O2.CN.B.Na/c1-23(2)5-6-24-14-13(9-20-24)21-16(22-15(14)25)19-8-10-3-4-11(17)12(18)7-10;1-2-5-22-13-12(8-19-22)20-15(21-14(13)23)18-7-9-3-4-10(16)11(17)6-9;15-9-2-1-8(5-10(9)16)6-17-14-19-11-7-18-21(3-4-22)12(11)13(23)20-14;1-2;;/h3-4,7,9H,5-6,8H2,1-2H3,(H2,19,21,22,25);2-4,6,8H,1,5,7H2,(H2,18,20,21,23);1-2,4-5,7H,3,6H2,(H2,17,19,20,23);;;/q;;;-1;;+1. The first-order valence-electron chi connectivity index (χ1n) is 21.4. The van der Waals surface area contributed by atoms with Gasteiger partial charge in [-0.15, -0.1) is 6.58 Å². The maximum absolute atomic E-state index is 12.4. The summed E-state index contributed by atoms with van der Waals surface area (Å²) in [5.41, 5.74) is 4.53. The van der Waals surface area contributed by atoms with Gasteiger partial charge < -0.3 is 37.5 Å². The van der Waals surface area contributed by atoms with E-state index in [4.69, 9.17) is 81.4 Å². The molecule has 381 valence electrons. The average Bonchev–Trinajstić information content (AvgIpc) is 4.11. The van der Waals surface area contributed by atoms with Gasteiger partial charge in [0, 0.05) is 34.6 Å². The summed E-state index contributed by atoms with van der Waals surface area (Å²) < 4.78 is 4.53. The molecule has 6 N–H and O–H groups in total. The molecule has 0 saturated heterocycles. The zero-order chi connectivity index (χ0) is 52.8. The van der Waals surface area contributed by atoms with E-state index in [-0.39, 0.29) is 66.7 Å². The molecule has 3 aromatic carbocycles. The molecule has 21 nitrogen and oxygen atoms in total. The van der Waals surface area contributed by atoms with Gasteiger partial charge in [0.05, 0.1) is 68.4 Å². The molecule has 3 radical (unpaired) electrons. The topological polar surface area (TPSA) is 271 Å². The SMILES string of the molecule is C=CCn1ncc2nc(NCc3ccc(Cl)c(Cl)c3)[nH]c(=O)c21.CN(C)CCn1ncc2nc(NCc3ccc(Cl)c(Cl)c3)[nH]c(=O)c21.O=CCn1ncc2nc(NCc3ccc(Cl)c(Cl)c3)[nH]c(=O)c21.[B].[C-]#N.[Na+]. The van der Waals surface area contributed by atoms with Crippen molar-refractivity contribution < 1.29 is 34.4 Å². The molecule has 0 fully saturated rings. The normalized spacial score (nSPS) is 10.5. The number of rotatable bonds is 16. The summed E-state index contributed by atoms with van der Waals surface area (Å²) in [6.07, 6.45) is 6.94. The second kappa shape index (κ2) is 29.2. The van der Waals surface area contributed by atoms with Gasteiger partial charge in [0.2, 0.25) is 17.8 Å². The molecule has 6 aromatic heterocycles. The molecule has 6 heterocycles. The summed E-state index contributed by atoms with van der Waals surface area (Å²) >= 11 is 35.6. The van der Waals surface area contributed by atoms with Crippen LogP contribution in [0.5, 0.6) is 0 Å². The fourth-order valence-corrected chi connectivity index (χ4v) is 7.67. The minimum atomic E-state index is -0.369. The fourth-order valence-electron chi connectivity index (χ4n) is 6.71. The molecule has 0 saturated carbocycles. The van der Waals surface area contributed by atoms with E-state index in [1.165, 1.54) is 10.9 Å². The number of nitrogens with zero attached hydrogens (tertiary/aromatic N) is 11. The van der Waals surface area contributed by atoms with Crippen molar-refractivity contribution in [3.8, 4) is 0 Å². The van der Waals surface area contributed by atoms with Crippen LogP contribution in [0.25, 0.3) is 33.1 Å². The van der Waals surface area contributed by atoms with Gasteiger partial charge in [-0.2, -0.15) is 15.3 Å². The van der Waals surface area contributed by atoms with Gasteiger partial charge in [0.1, 0.15) is 22.8 Å². The van der Waals surface area contributed by atoms with Crippen molar-refractivity contribution in [2.75, 3.05) is 36.6 Å². The van der Waals surface area contributed by atoms with E-state index in [0.29, 0.717) is 115 Å². The first-order chi connectivity index (χ1) is 35.1. The van der Waals surface area contributed by atoms with Crippen LogP contribution < -0.4 is 62.2 Å². The molecular formula is C46H42BCl6N17NaO4. The number of carbonyl (C=O) groups is 1. The zero-order valence-corrected chi connectivity index (χ0v) is 46.7. The number of H-pyrrole nitrogens is 3. The largest absolute Gasteiger partial charge is 1.00 e. The van der Waals surface area contributed by atoms with Gasteiger partial charge in [0.25, 0.3) is 16.7 Å². The number of benzene rings is 3. The number of aromatic amines is 3. The monoisotopic (exact) mass is 1140 g/mol. The smallest absolute Gasteiger partial charge is 0.512 e. The van der Waals surface area contributed by atoms with Crippen molar-refractivity contribution in [1.29, 1.82) is 5.26 Å². The molecule has 9 aromatic rings. The predicted molar refractivity (Wildman–Crippen MR) is 291 cm³/mol. The average molecular weight is 1140 g/mol. The Morgan fingerprint density at radius 2 is 0.920 bits per heavy atom. The maximum atomic E-state index is 12.4. The number of allylic oxidation sites excluding steroid dienone is 1. The Bertz CT molecular complexity index is 3460. The zero-order valence-electron chi connectivity index (χ0n) is 40.1. The van der Waals surface area contributed by atoms with E-state index < -0.39 is 0 Å². The van der Waals surface area contributed by atoms with Crippen LogP contribution in [0.15, 0.2) is 100 Å². The Morgan fingerprint density at radius 3 is 1.24 bits per heavy atom. The summed E-state index contributed by atoms with van der Waals surface area (Å²) in [5, 5.41) is 30.7. The Labute approximate surface area is 481 Å². The number of nitrogens with one attached hydrogen (secondary N) is 6. The van der Waals surface area contributed by atoms with Crippen LogP contribution in [0.1, 0.15) is 16.7 Å². The number of fused-ring (bicyclic) bond motifs is 3. The third-order valence-corrected chi connectivity index (χ3v) is 12.4. The third-order valence-electron chi connectivity index (χ3n) is 10.1. The Hall–Kier alpha value is -6.23. The number of aromatic nitrogens is 12. The quantitative estimate of drug-likeness (QED) is 0.0329. The molecule has 0 atom stereocenters. The van der Waals surface area contributed by atoms with Crippen LogP contribution in [0.4, 0.5) is 17.8 Å². The molecule has 0 amide bonds. The fraction of sp³-hybridized carbons (Fsp3) is 0.196. The van der Waals surface area contributed by atoms with Crippen molar-refractivity contribution in [3.63, 3.8) is 0 Å². The summed E-state index contributed by atoms with van der Waals surface area (Å²) in [4.78, 5) is 70.4. The van der Waals surface area contributed by atoms with Gasteiger partial charge in [0.15, 0.2) is 16.6 Å². The molecule has 0 aliphatic heterocycles. The minimum absolute atomic E-state index is 0. The first-order valence-corrected chi connectivity index (χ1v) is 23.7. The molecular weight excluding hydrogens is 1100 g/mol. The van der Waals surface area contributed by atoms with Gasteiger partial charge in [-0.3, -0.25) is 43.4 Å². The molecule has 0 unspecified atom stereocenters. The number of hydrogen-bond acceptors (Lipinski definition) is 15. The van der Waals surface area contributed by atoms with Gasteiger partial charge >= 0.3 is 29.6 Å². The minimum Gasteiger partial charge on any atom is -0.512 e. The molecule has 75 heavy (non-hydrogen) atoms. The number of aldehydes is 1. The van der Waals surface area contributed by atoms with E-state index in [1.807, 2.05) is 37.2 Å². The molecule has 0 aliphatic carbocycles. The van der Waals surface area contributed by atoms with Gasteiger partial charge in [-0.25, -0.2) is 15.0 Å². The summed E-state index contributed by atoms with van der Waals surface area (Å²) in [7, 11) is 3.94. The van der Waals surface area contributed by atoms with Crippen molar-refractivity contribution in [2.45, 2.75) is 39.3 Å². The van der Waals surface area contributed by atoms with E-state index in [2.05, 4.69) is 67.7 Å². The number of halogens is 6. The van der Waals surface area contributed by atoms with Crippen LogP contribution in [-0.2, 0) is 44.1 Å². The van der Waals surface area contributed by atoms with Crippen molar-refractivity contribution in [2.24, 2.45) is 0 Å². The van der Waals surface area contributed by atoms with E-state index in [1.54, 1.807) is 64.2 Å². The van der Waals surface area contributed by atoms with Gasteiger partial charge in [-0.1, -0.05) is 93.9 Å². The number of hydrogen-bond donors (Lipinski definition) is 6. The van der Waals surface area contributed by atoms with E-state index in [0.717, 1.165) is 23.2 Å². The Kier molecular flexibility index (Phi) is 23.9. The van der Waals surface area contributed by atoms with Crippen LogP contribution in [0, 0.1) is 11.8 Å². The molecule has 9 rings (SSSR count). The third kappa shape index (κ3) is 16.4. The Balaban J connectivity index is 0.000000236. The summed E-state index contributed by atoms with van der Waals surface area (Å²) in [6, 6.07) is 15.9. The van der Waals surface area contributed by atoms with E-state index in [9.17, 15) is 19.2 Å². The predicted octanol–water partition coefficient (Wildman–Crippen LogP) is 4.78. The van der Waals surface area contributed by atoms with Crippen molar-refractivity contribution in [1.82, 2.24) is 64.1 Å². The van der Waals surface area contributed by atoms with Gasteiger partial charge in [-0.05, 0) is 67.2 Å². The number of carbonyl (C=O) groups excluding carboxylic acids is 1. The Morgan fingerprint density at radius 1 is 0.587 bits per heavy atom. The number of anilines is 3. The maximum Gasteiger partial charge on any atom is 1.00 e. The summed E-state index contributed by atoms with van der Waals surface area (Å²) in [6.45, 7) is 11.6. The number of likely N-dealkylation sites (N-methyl/N-ethyl adjacent to an activating group) is 1. The van der Waals surface area contributed by atoms with Crippen LogP contribution in [-0.4, -0.2) is 99.5 Å². The molecule has 29 heteroatoms. The first kappa shape index (κ1) is 61.3. The molecule has 0 aliphatic rings. The van der Waals surface area contributed by atoms with Crippen LogP contribution in [0.3, 0.4) is 0 Å². The second-order valence-corrected chi connectivity index (χ2v) is 18.0. The van der Waals surface area contributed by atoms with Crippen molar-refractivity contribution in [3.05, 3.63) is 170 Å².